The third-order valence-corrected chi connectivity index (χ3v) is 9.29. The van der Waals surface area contributed by atoms with Gasteiger partial charge in [0.15, 0.2) is 0 Å². The van der Waals surface area contributed by atoms with E-state index in [1.54, 1.807) is 29.0 Å². The number of hydrogen-bond acceptors (Lipinski definition) is 6. The molecule has 0 atom stereocenters. The van der Waals surface area contributed by atoms with Gasteiger partial charge in [-0.25, -0.2) is 16.8 Å². The Kier molecular flexibility index (Phi) is 8.96. The lowest BCUT2D eigenvalue weighted by Crippen LogP contribution is -2.63. The number of hydrogen-bond donors (Lipinski definition) is 1. The van der Waals surface area contributed by atoms with Gasteiger partial charge in [0.05, 0.1) is 5.69 Å². The molecule has 0 aliphatic carbocycles. The molecule has 1 aromatic carbocycles. The zero-order chi connectivity index (χ0) is 29.1. The Hall–Kier alpha value is -3.28. The maximum atomic E-state index is 14.9. The summed E-state index contributed by atoms with van der Waals surface area (Å²) >= 11 is 5.75. The summed E-state index contributed by atoms with van der Waals surface area (Å²) in [6.45, 7) is 4.68. The summed E-state index contributed by atoms with van der Waals surface area (Å²) in [7, 11) is -2.37. The van der Waals surface area contributed by atoms with Crippen LogP contribution in [0.3, 0.4) is 0 Å². The molecule has 40 heavy (non-hydrogen) atoms. The zero-order valence-electron chi connectivity index (χ0n) is 22.7. The second kappa shape index (κ2) is 12.1. The van der Waals surface area contributed by atoms with Crippen LogP contribution in [0.15, 0.2) is 66.0 Å². The van der Waals surface area contributed by atoms with Crippen LogP contribution in [0.25, 0.3) is 11.3 Å². The summed E-state index contributed by atoms with van der Waals surface area (Å²) in [6.07, 6.45) is 4.87. The highest BCUT2D eigenvalue weighted by Crippen LogP contribution is 2.31. The molecule has 1 saturated heterocycles. The molecule has 1 aliphatic rings. The summed E-state index contributed by atoms with van der Waals surface area (Å²) in [6, 6.07) is 10.5. The van der Waals surface area contributed by atoms with Crippen LogP contribution in [0, 0.1) is 5.82 Å². The fourth-order valence-corrected chi connectivity index (χ4v) is 6.33. The van der Waals surface area contributed by atoms with Crippen LogP contribution in [0.5, 0.6) is 0 Å². The van der Waals surface area contributed by atoms with E-state index in [1.807, 2.05) is 13.8 Å². The van der Waals surface area contributed by atoms with Crippen LogP contribution in [0.1, 0.15) is 32.3 Å². The number of nitrogens with zero attached hydrogens (tertiary/aromatic N) is 4. The Morgan fingerprint density at radius 2 is 1.88 bits per heavy atom. The molecule has 1 aliphatic heterocycles. The van der Waals surface area contributed by atoms with E-state index in [4.69, 9.17) is 11.6 Å². The standard InChI is InChI=1S/C28H33ClFN5O4S/c1-20(2)33(3)27(37)28(10-13-34(14-11-28)26(36)16-29)32-17-21-15-25(23-8-4-5-9-24(23)30)35(19-21)40(38,39)22-7-6-12-31-18-22/h4-9,12,15,18-20,32H,10-11,13-14,16-17H2,1-3H3. The summed E-state index contributed by atoms with van der Waals surface area (Å²) < 4.78 is 43.1. The maximum Gasteiger partial charge on any atom is 0.269 e. The molecule has 2 aromatic heterocycles. The predicted molar refractivity (Wildman–Crippen MR) is 151 cm³/mol. The lowest BCUT2D eigenvalue weighted by Gasteiger charge is -2.43. The topological polar surface area (TPSA) is 105 Å². The minimum Gasteiger partial charge on any atom is -0.342 e. The smallest absolute Gasteiger partial charge is 0.269 e. The van der Waals surface area contributed by atoms with Gasteiger partial charge in [-0.15, -0.1) is 11.6 Å². The number of alkyl halides is 1. The molecular weight excluding hydrogens is 557 g/mol. The molecule has 4 rings (SSSR count). The van der Waals surface area contributed by atoms with Crippen molar-refractivity contribution in [2.24, 2.45) is 0 Å². The molecule has 1 fully saturated rings. The molecule has 0 unspecified atom stereocenters. The monoisotopic (exact) mass is 589 g/mol. The lowest BCUT2D eigenvalue weighted by atomic mass is 9.85. The summed E-state index contributed by atoms with van der Waals surface area (Å²) in [4.78, 5) is 33.0. The molecule has 1 N–H and O–H groups in total. The van der Waals surface area contributed by atoms with Crippen molar-refractivity contribution in [2.75, 3.05) is 26.0 Å². The summed E-state index contributed by atoms with van der Waals surface area (Å²) in [5, 5.41) is 3.39. The quantitative estimate of drug-likeness (QED) is 0.383. The second-order valence-electron chi connectivity index (χ2n) is 10.2. The first-order valence-electron chi connectivity index (χ1n) is 13.0. The van der Waals surface area contributed by atoms with Gasteiger partial charge >= 0.3 is 0 Å². The highest BCUT2D eigenvalue weighted by molar-refractivity contribution is 7.90. The normalized spacial score (nSPS) is 15.3. The number of carbonyl (C=O) groups is 2. The first kappa shape index (κ1) is 29.7. The zero-order valence-corrected chi connectivity index (χ0v) is 24.3. The Bertz CT molecular complexity index is 1470. The molecule has 2 amide bonds. The van der Waals surface area contributed by atoms with Crippen molar-refractivity contribution in [1.82, 2.24) is 24.1 Å². The minimum atomic E-state index is -4.10. The van der Waals surface area contributed by atoms with Gasteiger partial charge in [0, 0.05) is 56.9 Å². The SMILES string of the molecule is CC(C)N(C)C(=O)C1(NCc2cc(-c3ccccc3F)n(S(=O)(=O)c3cccnc3)c2)CCN(C(=O)CCl)CC1. The number of likely N-dealkylation sites (tertiary alicyclic amines) is 1. The molecule has 9 nitrogen and oxygen atoms in total. The fraction of sp³-hybridized carbons (Fsp3) is 0.393. The molecule has 3 aromatic rings. The number of benzene rings is 1. The van der Waals surface area contributed by atoms with E-state index in [9.17, 15) is 22.4 Å². The van der Waals surface area contributed by atoms with Crippen molar-refractivity contribution in [3.05, 3.63) is 72.4 Å². The van der Waals surface area contributed by atoms with Gasteiger partial charge in [-0.2, -0.15) is 0 Å². The molecular formula is C28H33ClFN5O4S. The maximum absolute atomic E-state index is 14.9. The Morgan fingerprint density at radius 3 is 2.48 bits per heavy atom. The highest BCUT2D eigenvalue weighted by atomic mass is 35.5. The van der Waals surface area contributed by atoms with Crippen LogP contribution < -0.4 is 5.32 Å². The first-order chi connectivity index (χ1) is 19.0. The number of rotatable bonds is 9. The van der Waals surface area contributed by atoms with Crippen molar-refractivity contribution >= 4 is 33.4 Å². The van der Waals surface area contributed by atoms with Gasteiger partial charge in [-0.05, 0) is 62.6 Å². The Morgan fingerprint density at radius 1 is 1.18 bits per heavy atom. The average molecular weight is 590 g/mol. The molecule has 0 saturated carbocycles. The van der Waals surface area contributed by atoms with Gasteiger partial charge in [0.25, 0.3) is 10.0 Å². The number of piperidine rings is 1. The van der Waals surface area contributed by atoms with Crippen LogP contribution in [-0.2, 0) is 26.2 Å². The van der Waals surface area contributed by atoms with E-state index >= 15 is 0 Å². The van der Waals surface area contributed by atoms with Gasteiger partial charge in [0.2, 0.25) is 11.8 Å². The van der Waals surface area contributed by atoms with Crippen molar-refractivity contribution in [1.29, 1.82) is 0 Å². The number of pyridine rings is 1. The number of nitrogens with one attached hydrogen (secondary N) is 1. The van der Waals surface area contributed by atoms with Gasteiger partial charge < -0.3 is 9.80 Å². The van der Waals surface area contributed by atoms with Crippen LogP contribution in [-0.4, -0.2) is 76.6 Å². The molecule has 0 radical (unpaired) electrons. The largest absolute Gasteiger partial charge is 0.342 e. The number of amides is 2. The Labute approximate surface area is 239 Å². The minimum absolute atomic E-state index is 0.0377. The van der Waals surface area contributed by atoms with Gasteiger partial charge in [0.1, 0.15) is 22.1 Å². The second-order valence-corrected chi connectivity index (χ2v) is 12.2. The summed E-state index contributed by atoms with van der Waals surface area (Å²) in [5.74, 6) is -0.994. The summed E-state index contributed by atoms with van der Waals surface area (Å²) in [5.41, 5.74) is -0.158. The molecule has 3 heterocycles. The van der Waals surface area contributed by atoms with E-state index in [0.717, 1.165) is 3.97 Å². The van der Waals surface area contributed by atoms with Gasteiger partial charge in [-0.1, -0.05) is 12.1 Å². The highest BCUT2D eigenvalue weighted by Gasteiger charge is 2.44. The van der Waals surface area contributed by atoms with E-state index in [2.05, 4.69) is 10.3 Å². The Balaban J connectivity index is 1.71. The van der Waals surface area contributed by atoms with E-state index in [1.165, 1.54) is 48.9 Å². The first-order valence-corrected chi connectivity index (χ1v) is 15.0. The number of likely N-dealkylation sites (N-methyl/N-ethyl adjacent to an activating group) is 1. The lowest BCUT2D eigenvalue weighted by molar-refractivity contribution is -0.143. The number of aromatic nitrogens is 2. The van der Waals surface area contributed by atoms with E-state index in [0.29, 0.717) is 31.5 Å². The third-order valence-electron chi connectivity index (χ3n) is 7.40. The molecule has 0 spiro atoms. The van der Waals surface area contributed by atoms with Crippen LogP contribution in [0.4, 0.5) is 4.39 Å². The number of carbonyl (C=O) groups excluding carboxylic acids is 2. The van der Waals surface area contributed by atoms with Crippen LogP contribution in [0.2, 0.25) is 0 Å². The number of halogens is 2. The third kappa shape index (κ3) is 5.91. The van der Waals surface area contributed by atoms with Crippen LogP contribution >= 0.6 is 11.6 Å². The fourth-order valence-electron chi connectivity index (χ4n) is 4.80. The molecule has 12 heteroatoms. The predicted octanol–water partition coefficient (Wildman–Crippen LogP) is 3.48. The van der Waals surface area contributed by atoms with E-state index in [-0.39, 0.29) is 46.4 Å². The van der Waals surface area contributed by atoms with Crippen molar-refractivity contribution in [2.45, 2.75) is 49.7 Å². The molecule has 0 bridgehead atoms. The van der Waals surface area contributed by atoms with Crippen molar-refractivity contribution < 1.29 is 22.4 Å². The van der Waals surface area contributed by atoms with Crippen molar-refractivity contribution in [3.8, 4) is 11.3 Å². The molecule has 214 valence electrons. The van der Waals surface area contributed by atoms with Crippen molar-refractivity contribution in [3.63, 3.8) is 0 Å². The average Bonchev–Trinajstić information content (AvgIpc) is 3.41. The van der Waals surface area contributed by atoms with Gasteiger partial charge in [-0.3, -0.25) is 19.9 Å². The van der Waals surface area contributed by atoms with E-state index < -0.39 is 21.4 Å².